The van der Waals surface area contributed by atoms with Gasteiger partial charge in [-0.2, -0.15) is 5.26 Å². The lowest BCUT2D eigenvalue weighted by Gasteiger charge is -2.32. The number of aromatic nitrogens is 1. The van der Waals surface area contributed by atoms with Crippen LogP contribution in [0.25, 0.3) is 10.9 Å². The van der Waals surface area contributed by atoms with Crippen molar-refractivity contribution >= 4 is 10.9 Å². The second kappa shape index (κ2) is 4.84. The average molecular weight is 269 g/mol. The molecule has 0 saturated carbocycles. The number of pyridine rings is 1. The number of hydrogen-bond donors (Lipinski definition) is 0. The number of rotatable bonds is 1. The van der Waals surface area contributed by atoms with Crippen molar-refractivity contribution < 1.29 is 4.39 Å². The van der Waals surface area contributed by atoms with Gasteiger partial charge < -0.3 is 0 Å². The first-order chi connectivity index (χ1) is 9.60. The summed E-state index contributed by atoms with van der Waals surface area (Å²) in [5, 5.41) is 10.1. The number of halogens is 1. The zero-order chi connectivity index (χ0) is 14.3. The van der Waals surface area contributed by atoms with Crippen LogP contribution in [-0.4, -0.2) is 22.5 Å². The van der Waals surface area contributed by atoms with Crippen LogP contribution in [0.2, 0.25) is 0 Å². The minimum atomic E-state index is -0.327. The van der Waals surface area contributed by atoms with E-state index in [1.54, 1.807) is 6.07 Å². The predicted molar refractivity (Wildman–Crippen MR) is 75.7 cm³/mol. The van der Waals surface area contributed by atoms with Crippen LogP contribution < -0.4 is 0 Å². The van der Waals surface area contributed by atoms with Gasteiger partial charge in [-0.25, -0.2) is 4.39 Å². The molecule has 1 aliphatic heterocycles. The molecule has 1 aromatic carbocycles. The normalized spacial score (nSPS) is 15.3. The van der Waals surface area contributed by atoms with Crippen molar-refractivity contribution in [1.29, 1.82) is 5.26 Å². The fourth-order valence-corrected chi connectivity index (χ4v) is 2.80. The fourth-order valence-electron chi connectivity index (χ4n) is 2.80. The molecule has 0 radical (unpaired) electrons. The maximum atomic E-state index is 13.4. The standard InChI is InChI=1S/C16H16FN3/c1-10(2)20-6-5-16-14(9-20)13(8-18)12-7-11(17)3-4-15(12)19-16/h3-4,7,10H,5-6,9H2,1-2H3. The number of nitrogens with zero attached hydrogens (tertiary/aromatic N) is 3. The third-order valence-corrected chi connectivity index (χ3v) is 3.97. The van der Waals surface area contributed by atoms with Crippen LogP contribution in [0.1, 0.15) is 30.7 Å². The van der Waals surface area contributed by atoms with Crippen LogP contribution in [0.15, 0.2) is 18.2 Å². The summed E-state index contributed by atoms with van der Waals surface area (Å²) in [4.78, 5) is 6.93. The Morgan fingerprint density at radius 1 is 1.40 bits per heavy atom. The molecule has 0 saturated heterocycles. The number of benzene rings is 1. The Labute approximate surface area is 117 Å². The summed E-state index contributed by atoms with van der Waals surface area (Å²) in [6, 6.07) is 7.14. The van der Waals surface area contributed by atoms with Gasteiger partial charge in [0.1, 0.15) is 11.9 Å². The van der Waals surface area contributed by atoms with E-state index in [2.05, 4.69) is 29.8 Å². The molecule has 0 atom stereocenters. The molecule has 0 fully saturated rings. The van der Waals surface area contributed by atoms with Gasteiger partial charge in [-0.15, -0.1) is 0 Å². The van der Waals surface area contributed by atoms with Crippen LogP contribution >= 0.6 is 0 Å². The Balaban J connectivity index is 2.22. The SMILES string of the molecule is CC(C)N1CCc2nc3ccc(F)cc3c(C#N)c2C1. The van der Waals surface area contributed by atoms with Gasteiger partial charge in [0, 0.05) is 42.2 Å². The van der Waals surface area contributed by atoms with E-state index < -0.39 is 0 Å². The maximum Gasteiger partial charge on any atom is 0.124 e. The van der Waals surface area contributed by atoms with E-state index in [0.717, 1.165) is 30.8 Å². The van der Waals surface area contributed by atoms with Gasteiger partial charge in [0.25, 0.3) is 0 Å². The van der Waals surface area contributed by atoms with Crippen LogP contribution in [-0.2, 0) is 13.0 Å². The van der Waals surface area contributed by atoms with Crippen molar-refractivity contribution in [3.63, 3.8) is 0 Å². The minimum absolute atomic E-state index is 0.327. The number of hydrogen-bond acceptors (Lipinski definition) is 3. The molecule has 3 nitrogen and oxygen atoms in total. The molecule has 20 heavy (non-hydrogen) atoms. The van der Waals surface area contributed by atoms with Crippen molar-refractivity contribution in [1.82, 2.24) is 9.88 Å². The molecular formula is C16H16FN3. The monoisotopic (exact) mass is 269 g/mol. The average Bonchev–Trinajstić information content (AvgIpc) is 2.44. The van der Waals surface area contributed by atoms with Crippen molar-refractivity contribution in [3.8, 4) is 6.07 Å². The molecule has 1 aliphatic rings. The summed E-state index contributed by atoms with van der Waals surface area (Å²) < 4.78 is 13.4. The molecule has 2 heterocycles. The number of nitriles is 1. The summed E-state index contributed by atoms with van der Waals surface area (Å²) in [5.41, 5.74) is 3.23. The molecule has 0 aliphatic carbocycles. The first-order valence-electron chi connectivity index (χ1n) is 6.85. The van der Waals surface area contributed by atoms with E-state index in [4.69, 9.17) is 0 Å². The van der Waals surface area contributed by atoms with Crippen LogP contribution in [0.4, 0.5) is 4.39 Å². The van der Waals surface area contributed by atoms with E-state index in [1.165, 1.54) is 12.1 Å². The summed E-state index contributed by atoms with van der Waals surface area (Å²) in [5.74, 6) is -0.327. The first-order valence-corrected chi connectivity index (χ1v) is 6.85. The lowest BCUT2D eigenvalue weighted by Crippen LogP contribution is -2.36. The molecule has 0 amide bonds. The van der Waals surface area contributed by atoms with Gasteiger partial charge in [0.2, 0.25) is 0 Å². The largest absolute Gasteiger partial charge is 0.296 e. The van der Waals surface area contributed by atoms with Gasteiger partial charge in [0.15, 0.2) is 0 Å². The maximum absolute atomic E-state index is 13.4. The molecular weight excluding hydrogens is 253 g/mol. The quantitative estimate of drug-likeness (QED) is 0.799. The predicted octanol–water partition coefficient (Wildman–Crippen LogP) is 3.01. The summed E-state index contributed by atoms with van der Waals surface area (Å²) >= 11 is 0. The van der Waals surface area contributed by atoms with Crippen molar-refractivity contribution in [2.45, 2.75) is 32.9 Å². The van der Waals surface area contributed by atoms with Crippen molar-refractivity contribution in [2.24, 2.45) is 0 Å². The molecule has 102 valence electrons. The highest BCUT2D eigenvalue weighted by Gasteiger charge is 2.23. The van der Waals surface area contributed by atoms with E-state index in [0.29, 0.717) is 22.5 Å². The molecule has 4 heteroatoms. The van der Waals surface area contributed by atoms with Gasteiger partial charge in [-0.05, 0) is 32.0 Å². The van der Waals surface area contributed by atoms with E-state index in [1.807, 2.05) is 0 Å². The van der Waals surface area contributed by atoms with Gasteiger partial charge in [-0.3, -0.25) is 9.88 Å². The highest BCUT2D eigenvalue weighted by atomic mass is 19.1. The third-order valence-electron chi connectivity index (χ3n) is 3.97. The molecule has 2 aromatic rings. The second-order valence-electron chi connectivity index (χ2n) is 5.50. The Kier molecular flexibility index (Phi) is 3.15. The van der Waals surface area contributed by atoms with Gasteiger partial charge in [0.05, 0.1) is 11.1 Å². The third kappa shape index (κ3) is 2.04. The fraction of sp³-hybridized carbons (Fsp3) is 0.375. The smallest absolute Gasteiger partial charge is 0.124 e. The van der Waals surface area contributed by atoms with Gasteiger partial charge >= 0.3 is 0 Å². The zero-order valence-electron chi connectivity index (χ0n) is 11.7. The molecule has 1 aromatic heterocycles. The van der Waals surface area contributed by atoms with Crippen LogP contribution in [0.5, 0.6) is 0 Å². The lowest BCUT2D eigenvalue weighted by molar-refractivity contribution is 0.202. The molecule has 3 rings (SSSR count). The number of fused-ring (bicyclic) bond motifs is 2. The lowest BCUT2D eigenvalue weighted by atomic mass is 9.96. The second-order valence-corrected chi connectivity index (χ2v) is 5.50. The van der Waals surface area contributed by atoms with E-state index in [9.17, 15) is 9.65 Å². The van der Waals surface area contributed by atoms with Gasteiger partial charge in [-0.1, -0.05) is 0 Å². The minimum Gasteiger partial charge on any atom is -0.296 e. The Morgan fingerprint density at radius 2 is 2.20 bits per heavy atom. The molecule has 0 spiro atoms. The highest BCUT2D eigenvalue weighted by molar-refractivity contribution is 5.86. The summed E-state index contributed by atoms with van der Waals surface area (Å²) in [6.07, 6.45) is 0.843. The highest BCUT2D eigenvalue weighted by Crippen LogP contribution is 2.28. The van der Waals surface area contributed by atoms with Crippen molar-refractivity contribution in [2.75, 3.05) is 6.54 Å². The first kappa shape index (κ1) is 13.0. The summed E-state index contributed by atoms with van der Waals surface area (Å²) in [7, 11) is 0. The summed E-state index contributed by atoms with van der Waals surface area (Å²) in [6.45, 7) is 5.96. The molecule has 0 unspecified atom stereocenters. The van der Waals surface area contributed by atoms with Crippen LogP contribution in [0, 0.1) is 17.1 Å². The van der Waals surface area contributed by atoms with E-state index in [-0.39, 0.29) is 5.82 Å². The zero-order valence-corrected chi connectivity index (χ0v) is 11.7. The molecule has 0 N–H and O–H groups in total. The van der Waals surface area contributed by atoms with Crippen molar-refractivity contribution in [3.05, 3.63) is 40.8 Å². The Bertz CT molecular complexity index is 716. The Morgan fingerprint density at radius 3 is 2.90 bits per heavy atom. The van der Waals surface area contributed by atoms with E-state index >= 15 is 0 Å². The molecule has 0 bridgehead atoms. The van der Waals surface area contributed by atoms with Crippen LogP contribution in [0.3, 0.4) is 0 Å². The topological polar surface area (TPSA) is 39.9 Å². The Hall–Kier alpha value is -1.99.